The second-order valence-corrected chi connectivity index (χ2v) is 6.60. The van der Waals surface area contributed by atoms with E-state index in [4.69, 9.17) is 23.2 Å². The number of rotatable bonds is 3. The summed E-state index contributed by atoms with van der Waals surface area (Å²) in [7, 11) is 0. The van der Waals surface area contributed by atoms with Gasteiger partial charge in [0.2, 0.25) is 0 Å². The van der Waals surface area contributed by atoms with Crippen molar-refractivity contribution in [2.75, 3.05) is 0 Å². The number of halogens is 3. The molecule has 0 radical (unpaired) electrons. The zero-order valence-electron chi connectivity index (χ0n) is 8.66. The predicted molar refractivity (Wildman–Crippen MR) is 77.1 cm³/mol. The minimum absolute atomic E-state index is 0.521. The van der Waals surface area contributed by atoms with Crippen LogP contribution in [0.3, 0.4) is 0 Å². The van der Waals surface area contributed by atoms with E-state index >= 15 is 0 Å². The lowest BCUT2D eigenvalue weighted by atomic mass is 10.1. The molecule has 1 aromatic carbocycles. The van der Waals surface area contributed by atoms with Crippen LogP contribution in [0.15, 0.2) is 34.8 Å². The predicted octanol–water partition coefficient (Wildman–Crippen LogP) is 5.09. The van der Waals surface area contributed by atoms with Crippen LogP contribution in [0.25, 0.3) is 0 Å². The van der Waals surface area contributed by atoms with Gasteiger partial charge in [-0.1, -0.05) is 35.3 Å². The first-order valence-corrected chi connectivity index (χ1v) is 7.30. The minimum Gasteiger partial charge on any atom is -0.388 e. The van der Waals surface area contributed by atoms with Crippen molar-refractivity contribution < 1.29 is 5.11 Å². The van der Waals surface area contributed by atoms with Gasteiger partial charge in [-0.05, 0) is 34.1 Å². The Hall–Kier alpha value is -0.0600. The van der Waals surface area contributed by atoms with E-state index in [1.54, 1.807) is 0 Å². The van der Waals surface area contributed by atoms with Crippen LogP contribution in [0.5, 0.6) is 0 Å². The summed E-state index contributed by atoms with van der Waals surface area (Å²) in [6, 6.07) is 9.28. The van der Waals surface area contributed by atoms with E-state index in [-0.39, 0.29) is 0 Å². The van der Waals surface area contributed by atoms with Crippen molar-refractivity contribution in [1.82, 2.24) is 0 Å². The third kappa shape index (κ3) is 3.24. The quantitative estimate of drug-likeness (QED) is 0.816. The summed E-state index contributed by atoms with van der Waals surface area (Å²) in [5.74, 6) is 0. The smallest absolute Gasteiger partial charge is 0.0931 e. The topological polar surface area (TPSA) is 20.2 Å². The highest BCUT2D eigenvalue weighted by molar-refractivity contribution is 9.10. The minimum atomic E-state index is -0.616. The van der Waals surface area contributed by atoms with Crippen LogP contribution in [-0.4, -0.2) is 5.11 Å². The maximum Gasteiger partial charge on any atom is 0.0931 e. The van der Waals surface area contributed by atoms with Crippen molar-refractivity contribution in [3.05, 3.63) is 54.6 Å². The highest BCUT2D eigenvalue weighted by Gasteiger charge is 2.14. The molecular formula is C12H9BrCl2OS. The van der Waals surface area contributed by atoms with Crippen LogP contribution < -0.4 is 0 Å². The Labute approximate surface area is 122 Å². The normalized spacial score (nSPS) is 12.7. The summed E-state index contributed by atoms with van der Waals surface area (Å²) >= 11 is 16.8. The van der Waals surface area contributed by atoms with Gasteiger partial charge in [-0.2, -0.15) is 0 Å². The Bertz CT molecular complexity index is 527. The van der Waals surface area contributed by atoms with Crippen LogP contribution in [0.4, 0.5) is 0 Å². The number of benzene rings is 1. The molecule has 0 spiro atoms. The van der Waals surface area contributed by atoms with Gasteiger partial charge in [-0.3, -0.25) is 0 Å². The molecule has 0 saturated carbocycles. The van der Waals surface area contributed by atoms with Crippen molar-refractivity contribution >= 4 is 50.5 Å². The Kier molecular flexibility index (Phi) is 4.50. The molecule has 0 bridgehead atoms. The van der Waals surface area contributed by atoms with Crippen molar-refractivity contribution in [2.24, 2.45) is 0 Å². The first-order chi connectivity index (χ1) is 8.08. The van der Waals surface area contributed by atoms with E-state index < -0.39 is 6.10 Å². The van der Waals surface area contributed by atoms with Crippen molar-refractivity contribution in [3.8, 4) is 0 Å². The summed E-state index contributed by atoms with van der Waals surface area (Å²) in [5.41, 5.74) is 0.727. The van der Waals surface area contributed by atoms with E-state index in [9.17, 15) is 5.11 Å². The molecule has 1 N–H and O–H groups in total. The Balaban J connectivity index is 2.20. The lowest BCUT2D eigenvalue weighted by Gasteiger charge is -2.12. The standard InChI is InChI=1S/C12H9BrCl2OS/c13-9-3-1-2-8(12(9)15)10(16)6-7-4-5-11(14)17-7/h1-5,10,16H,6H2. The van der Waals surface area contributed by atoms with Gasteiger partial charge in [0.1, 0.15) is 0 Å². The SMILES string of the molecule is OC(Cc1ccc(Cl)s1)c1cccc(Br)c1Cl. The second kappa shape index (κ2) is 5.72. The monoisotopic (exact) mass is 350 g/mol. The third-order valence-electron chi connectivity index (χ3n) is 2.36. The lowest BCUT2D eigenvalue weighted by molar-refractivity contribution is 0.179. The Morgan fingerprint density at radius 3 is 2.65 bits per heavy atom. The summed E-state index contributed by atoms with van der Waals surface area (Å²) < 4.78 is 1.52. The molecule has 0 aliphatic carbocycles. The lowest BCUT2D eigenvalue weighted by Crippen LogP contribution is -2.01. The third-order valence-corrected chi connectivity index (χ3v) is 4.93. The first-order valence-electron chi connectivity index (χ1n) is 4.94. The first kappa shape index (κ1) is 13.4. The molecule has 2 aromatic rings. The fraction of sp³-hybridized carbons (Fsp3) is 0.167. The number of hydrogen-bond donors (Lipinski definition) is 1. The maximum absolute atomic E-state index is 10.1. The summed E-state index contributed by atoms with van der Waals surface area (Å²) in [5, 5.41) is 10.7. The fourth-order valence-corrected chi connectivity index (χ4v) is 3.30. The highest BCUT2D eigenvalue weighted by atomic mass is 79.9. The van der Waals surface area contributed by atoms with Crippen LogP contribution in [-0.2, 0) is 6.42 Å². The molecule has 0 saturated heterocycles. The van der Waals surface area contributed by atoms with Crippen molar-refractivity contribution in [1.29, 1.82) is 0 Å². The van der Waals surface area contributed by atoms with E-state index in [0.29, 0.717) is 11.4 Å². The molecule has 0 aliphatic rings. The zero-order chi connectivity index (χ0) is 12.4. The van der Waals surface area contributed by atoms with E-state index in [0.717, 1.165) is 19.2 Å². The average Bonchev–Trinajstić information content (AvgIpc) is 2.68. The molecule has 2 rings (SSSR count). The molecule has 1 unspecified atom stereocenters. The van der Waals surface area contributed by atoms with Gasteiger partial charge in [-0.25, -0.2) is 0 Å². The molecule has 0 aliphatic heterocycles. The maximum atomic E-state index is 10.1. The van der Waals surface area contributed by atoms with Gasteiger partial charge in [0.05, 0.1) is 15.5 Å². The Morgan fingerprint density at radius 1 is 1.24 bits per heavy atom. The average molecular weight is 352 g/mol. The van der Waals surface area contributed by atoms with Gasteiger partial charge in [0.25, 0.3) is 0 Å². The van der Waals surface area contributed by atoms with Crippen LogP contribution in [0.1, 0.15) is 16.5 Å². The van der Waals surface area contributed by atoms with Gasteiger partial charge >= 0.3 is 0 Å². The molecule has 1 heterocycles. The van der Waals surface area contributed by atoms with Gasteiger partial charge < -0.3 is 5.11 Å². The molecule has 17 heavy (non-hydrogen) atoms. The van der Waals surface area contributed by atoms with Gasteiger partial charge in [0, 0.05) is 21.3 Å². The Morgan fingerprint density at radius 2 is 2.00 bits per heavy atom. The largest absolute Gasteiger partial charge is 0.388 e. The highest BCUT2D eigenvalue weighted by Crippen LogP contribution is 2.33. The van der Waals surface area contributed by atoms with Crippen LogP contribution in [0, 0.1) is 0 Å². The van der Waals surface area contributed by atoms with E-state index in [1.807, 2.05) is 30.3 Å². The molecule has 0 fully saturated rings. The number of hydrogen-bond acceptors (Lipinski definition) is 2. The number of aliphatic hydroxyl groups excluding tert-OH is 1. The van der Waals surface area contributed by atoms with Gasteiger partial charge in [0.15, 0.2) is 0 Å². The number of thiophene rings is 1. The fourth-order valence-electron chi connectivity index (χ4n) is 1.54. The second-order valence-electron chi connectivity index (χ2n) is 3.57. The summed E-state index contributed by atoms with van der Waals surface area (Å²) in [4.78, 5) is 1.04. The molecule has 1 atom stereocenters. The summed E-state index contributed by atoms with van der Waals surface area (Å²) in [6.07, 6.45) is -0.0946. The molecule has 1 nitrogen and oxygen atoms in total. The molecule has 0 amide bonds. The molecule has 5 heteroatoms. The molecule has 1 aromatic heterocycles. The number of aliphatic hydroxyl groups is 1. The molecular weight excluding hydrogens is 343 g/mol. The molecule has 90 valence electrons. The van der Waals surface area contributed by atoms with Crippen molar-refractivity contribution in [3.63, 3.8) is 0 Å². The van der Waals surface area contributed by atoms with Gasteiger partial charge in [-0.15, -0.1) is 11.3 Å². The summed E-state index contributed by atoms with van der Waals surface area (Å²) in [6.45, 7) is 0. The van der Waals surface area contributed by atoms with E-state index in [2.05, 4.69) is 15.9 Å². The van der Waals surface area contributed by atoms with Crippen LogP contribution >= 0.6 is 50.5 Å². The van der Waals surface area contributed by atoms with Crippen molar-refractivity contribution in [2.45, 2.75) is 12.5 Å². The van der Waals surface area contributed by atoms with Crippen LogP contribution in [0.2, 0.25) is 9.36 Å². The zero-order valence-corrected chi connectivity index (χ0v) is 12.6. The van der Waals surface area contributed by atoms with E-state index in [1.165, 1.54) is 11.3 Å².